The van der Waals surface area contributed by atoms with E-state index in [-0.39, 0.29) is 44.8 Å². The minimum absolute atomic E-state index is 0.108. The molecule has 51 heavy (non-hydrogen) atoms. The maximum absolute atomic E-state index is 12.5. The van der Waals surface area contributed by atoms with Gasteiger partial charge in [0.2, 0.25) is 5.78 Å². The number of Topliss-reactive ketones (excluding diaryl/α,β-unsaturated/α-hetero) is 1. The molecule has 0 bridgehead atoms. The first kappa shape index (κ1) is 39.8. The number of hydrogen-bond donors (Lipinski definition) is 2. The van der Waals surface area contributed by atoms with Gasteiger partial charge in [-0.3, -0.25) is 27.6 Å². The van der Waals surface area contributed by atoms with Gasteiger partial charge in [0.05, 0.1) is 34.2 Å². The summed E-state index contributed by atoms with van der Waals surface area (Å²) in [7, 11) is -25.1. The van der Waals surface area contributed by atoms with E-state index < -0.39 is 79.0 Å². The number of halogens is 2. The molecule has 7 atom stereocenters. The molecule has 2 aromatic rings. The molecule has 1 fully saturated rings. The van der Waals surface area contributed by atoms with Gasteiger partial charge in [-0.25, -0.2) is 22.7 Å². The van der Waals surface area contributed by atoms with Crippen LogP contribution >= 0.6 is 54.5 Å². The smallest absolute Gasteiger partial charge is 0.351 e. The van der Waals surface area contributed by atoms with Gasteiger partial charge in [-0.1, -0.05) is 37.0 Å². The number of aliphatic hydroxyl groups excluding tert-OH is 1. The van der Waals surface area contributed by atoms with Crippen LogP contribution in [0.5, 0.6) is 5.75 Å². The molecule has 3 aliphatic rings. The lowest BCUT2D eigenvalue weighted by atomic mass is 9.71. The number of aliphatic imine (C=N–C) groups is 1. The van der Waals surface area contributed by atoms with E-state index in [0.29, 0.717) is 0 Å². The van der Waals surface area contributed by atoms with Crippen molar-refractivity contribution in [2.24, 2.45) is 4.99 Å². The Bertz CT molecular complexity index is 2160. The number of nitrogens with zero attached hydrogens (tertiary/aromatic N) is 3. The number of benzene rings is 1. The van der Waals surface area contributed by atoms with Crippen molar-refractivity contribution in [2.45, 2.75) is 44.1 Å². The van der Waals surface area contributed by atoms with Crippen LogP contribution in [0.2, 0.25) is 0 Å². The van der Waals surface area contributed by atoms with Crippen molar-refractivity contribution in [3.8, 4) is 5.75 Å². The lowest BCUT2D eigenvalue weighted by Gasteiger charge is -2.37. The molecule has 5 rings (SSSR count). The van der Waals surface area contributed by atoms with Gasteiger partial charge in [-0.05, 0) is 35.9 Å². The van der Waals surface area contributed by atoms with Crippen molar-refractivity contribution in [1.82, 2.24) is 9.55 Å². The summed E-state index contributed by atoms with van der Waals surface area (Å²) in [6.07, 6.45) is -1.86. The van der Waals surface area contributed by atoms with E-state index in [4.69, 9.17) is 33.7 Å². The number of nitrogens with two attached hydrogens (primary N) is 1. The number of carbonyl (C=O) groups is 1. The van der Waals surface area contributed by atoms with E-state index in [9.17, 15) is 52.5 Å². The van der Waals surface area contributed by atoms with Crippen LogP contribution in [-0.4, -0.2) is 45.0 Å². The maximum Gasteiger partial charge on any atom is 0.351 e. The molecule has 278 valence electrons. The number of anilines is 1. The monoisotopic (exact) mass is 832 g/mol. The summed E-state index contributed by atoms with van der Waals surface area (Å²) >= 11 is 12.2. The Labute approximate surface area is 296 Å². The van der Waals surface area contributed by atoms with Gasteiger partial charge >= 0.3 is 13.5 Å². The molecule has 1 saturated heterocycles. The summed E-state index contributed by atoms with van der Waals surface area (Å²) in [5.74, 6) is -1.36. The molecule has 1 aliphatic carbocycles. The first-order valence-corrected chi connectivity index (χ1v) is 20.4. The second-order valence-corrected chi connectivity index (χ2v) is 18.0. The molecule has 2 aliphatic heterocycles. The summed E-state index contributed by atoms with van der Waals surface area (Å²) in [5, 5.41) is 9.76. The molecule has 0 saturated carbocycles. The highest BCUT2D eigenvalue weighted by molar-refractivity contribution is 7.68. The van der Waals surface area contributed by atoms with E-state index in [2.05, 4.69) is 32.0 Å². The molecule has 3 N–H and O–H groups in total. The minimum atomic E-state index is -6.53. The van der Waals surface area contributed by atoms with Crippen molar-refractivity contribution in [1.29, 1.82) is 0 Å². The summed E-state index contributed by atoms with van der Waals surface area (Å²) < 4.78 is 75.3. The molecule has 6 unspecified atom stereocenters. The number of nitrogen functional groups attached to an aromatic ring is 1. The highest BCUT2D eigenvalue weighted by Gasteiger charge is 2.41. The average molecular weight is 833 g/mol. The van der Waals surface area contributed by atoms with Crippen LogP contribution in [-0.2, 0) is 50.7 Å². The zero-order chi connectivity index (χ0) is 37.9. The largest absolute Gasteiger partial charge is 0.756 e. The third-order valence-corrected chi connectivity index (χ3v) is 13.6. The number of ketones is 1. The number of carbonyl (C=O) groups excluding carboxylic acids is 1. The molecule has 3 heterocycles. The van der Waals surface area contributed by atoms with Crippen LogP contribution in [0.25, 0.3) is 0 Å². The molecule has 0 radical (unpaired) electrons. The van der Waals surface area contributed by atoms with Crippen LogP contribution in [0.3, 0.4) is 0 Å². The van der Waals surface area contributed by atoms with Gasteiger partial charge in [0.1, 0.15) is 23.9 Å². The predicted octanol–water partition coefficient (Wildman–Crippen LogP) is 1.05. The van der Waals surface area contributed by atoms with E-state index in [0.717, 1.165) is 16.7 Å². The Balaban J connectivity index is 1.21. The predicted molar refractivity (Wildman–Crippen MR) is 166 cm³/mol. The molecule has 0 spiro atoms. The third kappa shape index (κ3) is 9.05. The lowest BCUT2D eigenvalue weighted by molar-refractivity contribution is -0.253. The molecule has 1 aromatic carbocycles. The van der Waals surface area contributed by atoms with Gasteiger partial charge in [0.15, 0.2) is 0 Å². The Morgan fingerprint density at radius 1 is 1.02 bits per heavy atom. The van der Waals surface area contributed by atoms with E-state index in [1.807, 2.05) is 0 Å². The van der Waals surface area contributed by atoms with E-state index in [1.165, 1.54) is 24.4 Å². The Morgan fingerprint density at radius 2 is 1.65 bits per heavy atom. The Kier molecular flexibility index (Phi) is 11.0. The fourth-order valence-electron chi connectivity index (χ4n) is 5.12. The maximum atomic E-state index is 12.5. The topological polar surface area (TPSA) is 326 Å². The standard InChI is InChI=1S/C24H26Cl2N4O17P4/c1-24(2)12-7-11(3-4-14(12)28-15-8-13(25)22(32)21(26)20(15)24)44-49(36,37)46-51(40,41)47-50(38,39)45-48(34,35)42-10-17-16(31)9-19(43-17)30-6-5-18(27)29-23(30)33/h3-8,16-17,19,31H,9-10H2,1-2H3,(H,34,35)(H,36,37)(H,38,39)(H,40,41)(H2,27,29,33)/p-4/t16?,17-,19?/m1/s1. The zero-order valence-electron chi connectivity index (χ0n) is 25.6. The fraction of sp³-hybridized carbons (Fsp3) is 0.333. The van der Waals surface area contributed by atoms with E-state index >= 15 is 0 Å². The molecule has 1 aromatic heterocycles. The van der Waals surface area contributed by atoms with Gasteiger partial charge in [-0.2, -0.15) is 4.98 Å². The van der Waals surface area contributed by atoms with Crippen molar-refractivity contribution in [2.75, 3.05) is 12.3 Å². The number of fused-ring (bicyclic) bond motifs is 2. The number of allylic oxidation sites excluding steroid dienone is 4. The van der Waals surface area contributed by atoms with Crippen LogP contribution in [0.15, 0.2) is 62.0 Å². The number of phosphoric ester groups is 2. The van der Waals surface area contributed by atoms with Crippen molar-refractivity contribution < 1.29 is 74.5 Å². The van der Waals surface area contributed by atoms with Crippen LogP contribution in [0, 0.1) is 0 Å². The summed E-state index contributed by atoms with van der Waals surface area (Å²) in [5.41, 5.74) is 4.46. The lowest BCUT2D eigenvalue weighted by Crippen LogP contribution is -2.32. The molecule has 0 amide bonds. The van der Waals surface area contributed by atoms with Crippen molar-refractivity contribution in [3.63, 3.8) is 0 Å². The van der Waals surface area contributed by atoms with Gasteiger partial charge in [-0.15, -0.1) is 0 Å². The van der Waals surface area contributed by atoms with Crippen LogP contribution < -0.4 is 35.5 Å². The Hall–Kier alpha value is -2.38. The molecule has 27 heteroatoms. The van der Waals surface area contributed by atoms with Crippen LogP contribution in [0.4, 0.5) is 11.5 Å². The number of rotatable bonds is 12. The first-order chi connectivity index (χ1) is 23.4. The highest BCUT2D eigenvalue weighted by atomic mass is 35.5. The first-order valence-electron chi connectivity index (χ1n) is 13.8. The summed E-state index contributed by atoms with van der Waals surface area (Å²) in [6.45, 7) is 2.13. The normalized spacial score (nSPS) is 26.1. The zero-order valence-corrected chi connectivity index (χ0v) is 30.6. The second kappa shape index (κ2) is 14.1. The highest BCUT2D eigenvalue weighted by Crippen LogP contribution is 2.67. The van der Waals surface area contributed by atoms with Gasteiger partial charge in [0, 0.05) is 23.6 Å². The SMILES string of the molecule is CC1(C)C2=C(Cl)C(=O)C(Cl)=CC2=Nc2ccc(OP(=O)([O-])OP(=O)([O-])OP(=O)([O-])OP(=O)([O-])OC[C@H]3OC(n4ccc(N)nc4=O)CC3O)cc21. The molecular formula is C24H22Cl2N4O17P4-4. The van der Waals surface area contributed by atoms with E-state index in [1.54, 1.807) is 13.8 Å². The number of phosphoric acid groups is 4. The van der Waals surface area contributed by atoms with Crippen molar-refractivity contribution in [3.05, 3.63) is 68.2 Å². The average Bonchev–Trinajstić information content (AvgIpc) is 3.32. The summed E-state index contributed by atoms with van der Waals surface area (Å²) in [4.78, 5) is 81.2. The number of aliphatic hydroxyl groups is 1. The molecular weight excluding hydrogens is 811 g/mol. The Morgan fingerprint density at radius 3 is 2.29 bits per heavy atom. The second-order valence-electron chi connectivity index (χ2n) is 11.2. The third-order valence-electron chi connectivity index (χ3n) is 7.24. The number of hydrogen-bond acceptors (Lipinski definition) is 20. The molecule has 21 nitrogen and oxygen atoms in total. The van der Waals surface area contributed by atoms with Gasteiger partial charge < -0.3 is 44.2 Å². The minimum Gasteiger partial charge on any atom is -0.756 e. The number of ether oxygens (including phenoxy) is 1. The number of aromatic nitrogens is 2. The van der Waals surface area contributed by atoms with Crippen LogP contribution in [0.1, 0.15) is 32.1 Å². The van der Waals surface area contributed by atoms with Crippen molar-refractivity contribution >= 4 is 77.5 Å². The van der Waals surface area contributed by atoms with Gasteiger partial charge in [0.25, 0.3) is 23.5 Å². The summed E-state index contributed by atoms with van der Waals surface area (Å²) in [6, 6.07) is 4.65. The quantitative estimate of drug-likeness (QED) is 0.223. The fourth-order valence-corrected chi connectivity index (χ4v) is 10.5.